The highest BCUT2D eigenvalue weighted by Gasteiger charge is 2.37. The number of barbiturate groups is 1. The monoisotopic (exact) mass is 677 g/mol. The fourth-order valence-corrected chi connectivity index (χ4v) is 4.77. The van der Waals surface area contributed by atoms with Crippen molar-refractivity contribution >= 4 is 75.4 Å². The van der Waals surface area contributed by atoms with Gasteiger partial charge in [-0.25, -0.2) is 14.1 Å². The number of nitrogens with one attached hydrogen (secondary N) is 2. The Morgan fingerprint density at radius 3 is 2.55 bits per heavy atom. The van der Waals surface area contributed by atoms with Gasteiger partial charge in [0.2, 0.25) is 0 Å². The molecule has 0 aliphatic carbocycles. The molecule has 206 valence electrons. The number of halogens is 3. The van der Waals surface area contributed by atoms with Crippen LogP contribution < -0.4 is 25.0 Å². The molecule has 0 unspecified atom stereocenters. The molecule has 0 aromatic heterocycles. The Morgan fingerprint density at radius 2 is 1.85 bits per heavy atom. The number of carbonyl (C=O) groups excluding carboxylic acids is 4. The molecule has 2 N–H and O–H groups in total. The van der Waals surface area contributed by atoms with Gasteiger partial charge in [0.15, 0.2) is 18.1 Å². The van der Waals surface area contributed by atoms with Crippen molar-refractivity contribution in [3.63, 3.8) is 0 Å². The Hall–Kier alpha value is -3.97. The van der Waals surface area contributed by atoms with Gasteiger partial charge in [0, 0.05) is 10.7 Å². The number of amides is 5. The smallest absolute Gasteiger partial charge is 0.335 e. The van der Waals surface area contributed by atoms with Gasteiger partial charge < -0.3 is 14.8 Å². The summed E-state index contributed by atoms with van der Waals surface area (Å²) >= 11 is 8.16. The standard InChI is InChI=1S/C28H22ClFIN3O6/c1-3-39-23-13-16(12-21(31)25(23)40-14-24(35)32-18-9-7-17(30)8-10-18)11-19-26(36)33-28(38)34(27(19)37)22-6-4-5-20(29)15(22)2/h4-13H,3,14H2,1-2H3,(H,32,35)(H,33,36,38)/b19-11-. The minimum Gasteiger partial charge on any atom is -0.490 e. The predicted octanol–water partition coefficient (Wildman–Crippen LogP) is 5.47. The third kappa shape index (κ3) is 6.42. The zero-order valence-corrected chi connectivity index (χ0v) is 24.1. The molecule has 5 amide bonds. The molecule has 0 spiro atoms. The lowest BCUT2D eigenvalue weighted by Gasteiger charge is -2.27. The van der Waals surface area contributed by atoms with Crippen molar-refractivity contribution in [3.8, 4) is 11.5 Å². The maximum atomic E-state index is 13.3. The second-order valence-corrected chi connectivity index (χ2v) is 10.0. The summed E-state index contributed by atoms with van der Waals surface area (Å²) in [5.74, 6) is -2.00. The number of imide groups is 2. The van der Waals surface area contributed by atoms with E-state index in [1.807, 2.05) is 22.6 Å². The average Bonchev–Trinajstić information content (AvgIpc) is 2.90. The van der Waals surface area contributed by atoms with E-state index in [0.29, 0.717) is 25.4 Å². The van der Waals surface area contributed by atoms with E-state index in [4.69, 9.17) is 21.1 Å². The lowest BCUT2D eigenvalue weighted by atomic mass is 10.1. The lowest BCUT2D eigenvalue weighted by Crippen LogP contribution is -2.54. The van der Waals surface area contributed by atoms with E-state index in [9.17, 15) is 23.6 Å². The molecule has 3 aromatic carbocycles. The predicted molar refractivity (Wildman–Crippen MR) is 156 cm³/mol. The molecule has 0 bridgehead atoms. The van der Waals surface area contributed by atoms with E-state index in [1.165, 1.54) is 30.3 Å². The first-order chi connectivity index (χ1) is 19.1. The van der Waals surface area contributed by atoms with Crippen LogP contribution in [0.25, 0.3) is 6.08 Å². The number of rotatable bonds is 8. The number of nitrogens with zero attached hydrogens (tertiary/aromatic N) is 1. The molecule has 3 aromatic rings. The number of hydrogen-bond acceptors (Lipinski definition) is 6. The van der Waals surface area contributed by atoms with Crippen molar-refractivity contribution in [3.05, 3.63) is 85.7 Å². The molecule has 0 atom stereocenters. The van der Waals surface area contributed by atoms with Crippen LogP contribution in [0.5, 0.6) is 11.5 Å². The molecule has 1 saturated heterocycles. The van der Waals surface area contributed by atoms with Crippen molar-refractivity contribution in [2.75, 3.05) is 23.4 Å². The summed E-state index contributed by atoms with van der Waals surface area (Å²) in [4.78, 5) is 51.8. The molecule has 0 saturated carbocycles. The van der Waals surface area contributed by atoms with Crippen LogP contribution in [-0.2, 0) is 14.4 Å². The normalized spacial score (nSPS) is 14.3. The van der Waals surface area contributed by atoms with Gasteiger partial charge >= 0.3 is 6.03 Å². The molecule has 12 heteroatoms. The van der Waals surface area contributed by atoms with Crippen molar-refractivity contribution in [1.29, 1.82) is 0 Å². The Bertz CT molecular complexity index is 1540. The summed E-state index contributed by atoms with van der Waals surface area (Å²) in [5.41, 5.74) is 1.31. The molecule has 4 rings (SSSR count). The number of urea groups is 1. The topological polar surface area (TPSA) is 114 Å². The summed E-state index contributed by atoms with van der Waals surface area (Å²) in [6.45, 7) is 3.33. The van der Waals surface area contributed by atoms with E-state index in [-0.39, 0.29) is 36.0 Å². The van der Waals surface area contributed by atoms with Crippen molar-refractivity contribution in [2.24, 2.45) is 0 Å². The molecule has 40 heavy (non-hydrogen) atoms. The molecule has 0 radical (unpaired) electrons. The van der Waals surface area contributed by atoms with Crippen molar-refractivity contribution in [1.82, 2.24) is 5.32 Å². The molecule has 1 aliphatic rings. The molecule has 1 heterocycles. The molecular formula is C28H22ClFIN3O6. The Kier molecular flexibility index (Phi) is 9.05. The molecule has 9 nitrogen and oxygen atoms in total. The van der Waals surface area contributed by atoms with Gasteiger partial charge in [-0.3, -0.25) is 19.7 Å². The second kappa shape index (κ2) is 12.5. The quantitative estimate of drug-likeness (QED) is 0.186. The van der Waals surface area contributed by atoms with Crippen LogP contribution >= 0.6 is 34.2 Å². The van der Waals surface area contributed by atoms with Crippen LogP contribution in [0.1, 0.15) is 18.1 Å². The van der Waals surface area contributed by atoms with Gasteiger partial charge in [-0.2, -0.15) is 0 Å². The average molecular weight is 678 g/mol. The summed E-state index contributed by atoms with van der Waals surface area (Å²) in [6.07, 6.45) is 1.34. The minimum atomic E-state index is -0.884. The third-order valence-corrected chi connectivity index (χ3v) is 6.91. The van der Waals surface area contributed by atoms with Crippen LogP contribution in [0, 0.1) is 16.3 Å². The summed E-state index contributed by atoms with van der Waals surface area (Å²) in [5, 5.41) is 5.16. The van der Waals surface area contributed by atoms with Crippen molar-refractivity contribution < 1.29 is 33.0 Å². The fourth-order valence-electron chi connectivity index (χ4n) is 3.82. The Labute approximate surface area is 247 Å². The van der Waals surface area contributed by atoms with E-state index in [1.54, 1.807) is 44.2 Å². The van der Waals surface area contributed by atoms with Gasteiger partial charge in [0.1, 0.15) is 11.4 Å². The lowest BCUT2D eigenvalue weighted by molar-refractivity contribution is -0.122. The summed E-state index contributed by atoms with van der Waals surface area (Å²) < 4.78 is 25.1. The maximum Gasteiger partial charge on any atom is 0.335 e. The largest absolute Gasteiger partial charge is 0.490 e. The van der Waals surface area contributed by atoms with Crippen LogP contribution in [0.15, 0.2) is 60.2 Å². The van der Waals surface area contributed by atoms with Crippen LogP contribution in [0.3, 0.4) is 0 Å². The first-order valence-corrected chi connectivity index (χ1v) is 13.4. The highest BCUT2D eigenvalue weighted by atomic mass is 127. The first kappa shape index (κ1) is 29.0. The van der Waals surface area contributed by atoms with Crippen LogP contribution in [0.2, 0.25) is 5.02 Å². The summed E-state index contributed by atoms with van der Waals surface area (Å²) in [7, 11) is 0. The van der Waals surface area contributed by atoms with E-state index < -0.39 is 29.6 Å². The van der Waals surface area contributed by atoms with Crippen LogP contribution in [0.4, 0.5) is 20.6 Å². The van der Waals surface area contributed by atoms with E-state index in [0.717, 1.165) is 4.90 Å². The Morgan fingerprint density at radius 1 is 1.12 bits per heavy atom. The van der Waals surface area contributed by atoms with Crippen LogP contribution in [-0.4, -0.2) is 37.0 Å². The zero-order chi connectivity index (χ0) is 29.0. The number of benzene rings is 3. The molecular weight excluding hydrogens is 656 g/mol. The maximum absolute atomic E-state index is 13.3. The van der Waals surface area contributed by atoms with Gasteiger partial charge in [0.05, 0.1) is 15.9 Å². The van der Waals surface area contributed by atoms with E-state index >= 15 is 0 Å². The molecule has 1 fully saturated rings. The van der Waals surface area contributed by atoms with Gasteiger partial charge in [-0.1, -0.05) is 17.7 Å². The van der Waals surface area contributed by atoms with Gasteiger partial charge in [0.25, 0.3) is 17.7 Å². The first-order valence-electron chi connectivity index (χ1n) is 11.9. The minimum absolute atomic E-state index is 0.251. The van der Waals surface area contributed by atoms with E-state index in [2.05, 4.69) is 10.6 Å². The van der Waals surface area contributed by atoms with Gasteiger partial charge in [-0.05, 0) is 102 Å². The zero-order valence-electron chi connectivity index (χ0n) is 21.2. The number of carbonyl (C=O) groups is 4. The van der Waals surface area contributed by atoms with Gasteiger partial charge in [-0.15, -0.1) is 0 Å². The van der Waals surface area contributed by atoms with Crippen molar-refractivity contribution in [2.45, 2.75) is 13.8 Å². The Balaban J connectivity index is 1.60. The SMILES string of the molecule is CCOc1cc(/C=C2/C(=O)NC(=O)N(c3cccc(Cl)c3C)C2=O)cc(I)c1OCC(=O)Nc1ccc(F)cc1. The highest BCUT2D eigenvalue weighted by molar-refractivity contribution is 14.1. The molecule has 1 aliphatic heterocycles. The number of anilines is 2. The number of hydrogen-bond donors (Lipinski definition) is 2. The highest BCUT2D eigenvalue weighted by Crippen LogP contribution is 2.36. The summed E-state index contributed by atoms with van der Waals surface area (Å²) in [6, 6.07) is 12.4. The number of ether oxygens (including phenoxy) is 2. The third-order valence-electron chi connectivity index (χ3n) is 5.70. The second-order valence-electron chi connectivity index (χ2n) is 8.45. The fraction of sp³-hybridized carbons (Fsp3) is 0.143.